The molecule has 1 saturated carbocycles. The van der Waals surface area contributed by atoms with Gasteiger partial charge >= 0.3 is 0 Å². The zero-order valence-electron chi connectivity index (χ0n) is 10.2. The van der Waals surface area contributed by atoms with Crippen LogP contribution in [0.4, 0.5) is 0 Å². The van der Waals surface area contributed by atoms with Gasteiger partial charge in [0.15, 0.2) is 0 Å². The first-order valence-corrected chi connectivity index (χ1v) is 8.56. The van der Waals surface area contributed by atoms with Gasteiger partial charge in [-0.3, -0.25) is 0 Å². The number of rotatable bonds is 4. The molecule has 1 heterocycles. The van der Waals surface area contributed by atoms with Crippen LogP contribution in [-0.2, 0) is 10.0 Å². The Morgan fingerprint density at radius 3 is 2.71 bits per heavy atom. The fourth-order valence-electron chi connectivity index (χ4n) is 2.54. The van der Waals surface area contributed by atoms with Gasteiger partial charge < -0.3 is 5.32 Å². The topological polar surface area (TPSA) is 49.4 Å². The molecule has 1 N–H and O–H groups in total. The molecule has 1 atom stereocenters. The monoisotopic (exact) mass is 280 g/mol. The molecule has 2 fully saturated rings. The van der Waals surface area contributed by atoms with E-state index in [2.05, 4.69) is 5.32 Å². The van der Waals surface area contributed by atoms with Crippen LogP contribution in [0.15, 0.2) is 0 Å². The minimum Gasteiger partial charge on any atom is -0.314 e. The first kappa shape index (κ1) is 13.6. The predicted octanol–water partition coefficient (Wildman–Crippen LogP) is 1.02. The van der Waals surface area contributed by atoms with Gasteiger partial charge in [0.2, 0.25) is 10.0 Å². The van der Waals surface area contributed by atoms with E-state index in [4.69, 9.17) is 11.6 Å². The van der Waals surface area contributed by atoms with Crippen LogP contribution < -0.4 is 5.32 Å². The lowest BCUT2D eigenvalue weighted by molar-refractivity contribution is 0.240. The summed E-state index contributed by atoms with van der Waals surface area (Å²) >= 11 is 5.92. The van der Waals surface area contributed by atoms with Gasteiger partial charge in [-0.15, -0.1) is 11.6 Å². The van der Waals surface area contributed by atoms with E-state index < -0.39 is 10.0 Å². The maximum absolute atomic E-state index is 11.5. The van der Waals surface area contributed by atoms with Crippen molar-refractivity contribution in [1.82, 2.24) is 9.62 Å². The Morgan fingerprint density at radius 1 is 1.41 bits per heavy atom. The lowest BCUT2D eigenvalue weighted by Crippen LogP contribution is -2.47. The van der Waals surface area contributed by atoms with Crippen LogP contribution in [0.1, 0.15) is 25.7 Å². The Hall–Kier alpha value is 0.160. The van der Waals surface area contributed by atoms with Crippen molar-refractivity contribution in [2.45, 2.75) is 37.1 Å². The smallest absolute Gasteiger partial charge is 0.211 e. The van der Waals surface area contributed by atoms with Crippen molar-refractivity contribution in [1.29, 1.82) is 0 Å². The van der Waals surface area contributed by atoms with Crippen molar-refractivity contribution in [2.75, 3.05) is 25.9 Å². The number of nitrogens with one attached hydrogen (secondary N) is 1. The molecule has 100 valence electrons. The van der Waals surface area contributed by atoms with Crippen LogP contribution in [-0.4, -0.2) is 50.0 Å². The summed E-state index contributed by atoms with van der Waals surface area (Å²) in [5.41, 5.74) is 0. The molecule has 4 nitrogen and oxygen atoms in total. The van der Waals surface area contributed by atoms with Gasteiger partial charge in [0.1, 0.15) is 0 Å². The van der Waals surface area contributed by atoms with Gasteiger partial charge in [0.25, 0.3) is 0 Å². The number of piperidine rings is 1. The second kappa shape index (κ2) is 5.43. The van der Waals surface area contributed by atoms with Gasteiger partial charge in [-0.1, -0.05) is 0 Å². The molecule has 0 bridgehead atoms. The Balaban J connectivity index is 1.74. The van der Waals surface area contributed by atoms with Crippen molar-refractivity contribution in [3.63, 3.8) is 0 Å². The summed E-state index contributed by atoms with van der Waals surface area (Å²) < 4.78 is 24.5. The number of hydrogen-bond acceptors (Lipinski definition) is 3. The van der Waals surface area contributed by atoms with Crippen molar-refractivity contribution >= 4 is 21.6 Å². The summed E-state index contributed by atoms with van der Waals surface area (Å²) in [4.78, 5) is 0. The van der Waals surface area contributed by atoms with Gasteiger partial charge in [-0.25, -0.2) is 12.7 Å². The van der Waals surface area contributed by atoms with Crippen molar-refractivity contribution in [3.8, 4) is 0 Å². The van der Waals surface area contributed by atoms with Gasteiger partial charge in [0, 0.05) is 24.5 Å². The van der Waals surface area contributed by atoms with Crippen molar-refractivity contribution < 1.29 is 8.42 Å². The average Bonchev–Trinajstić information content (AvgIpc) is 2.22. The second-order valence-electron chi connectivity index (χ2n) is 5.30. The molecule has 17 heavy (non-hydrogen) atoms. The first-order valence-electron chi connectivity index (χ1n) is 6.27. The molecule has 0 aromatic rings. The number of alkyl halides is 1. The minimum absolute atomic E-state index is 0.339. The first-order chi connectivity index (χ1) is 7.95. The molecule has 6 heteroatoms. The minimum atomic E-state index is -3.01. The van der Waals surface area contributed by atoms with E-state index in [0.29, 0.717) is 30.4 Å². The number of sulfonamides is 1. The van der Waals surface area contributed by atoms with E-state index in [1.807, 2.05) is 0 Å². The van der Waals surface area contributed by atoms with Crippen LogP contribution in [0.5, 0.6) is 0 Å². The van der Waals surface area contributed by atoms with Gasteiger partial charge in [-0.2, -0.15) is 0 Å². The lowest BCUT2D eigenvalue weighted by Gasteiger charge is -2.35. The molecule has 1 aliphatic heterocycles. The van der Waals surface area contributed by atoms with Crippen LogP contribution in [0.25, 0.3) is 0 Å². The Kier molecular flexibility index (Phi) is 4.34. The third kappa shape index (κ3) is 3.81. The van der Waals surface area contributed by atoms with E-state index in [0.717, 1.165) is 32.2 Å². The Morgan fingerprint density at radius 2 is 2.12 bits per heavy atom. The highest BCUT2D eigenvalue weighted by molar-refractivity contribution is 7.88. The summed E-state index contributed by atoms with van der Waals surface area (Å²) in [5, 5.41) is 3.82. The molecule has 0 radical (unpaired) electrons. The third-order valence-electron chi connectivity index (χ3n) is 3.73. The molecule has 1 aliphatic carbocycles. The van der Waals surface area contributed by atoms with Gasteiger partial charge in [-0.05, 0) is 38.1 Å². The SMILES string of the molecule is CS(=O)(=O)N1CCCC(CNC2CC(Cl)C2)C1. The molecular weight excluding hydrogens is 260 g/mol. The van der Waals surface area contributed by atoms with E-state index in [1.54, 1.807) is 4.31 Å². The summed E-state index contributed by atoms with van der Waals surface area (Å²) in [7, 11) is -3.01. The maximum atomic E-state index is 11.5. The largest absolute Gasteiger partial charge is 0.314 e. The number of halogens is 1. The van der Waals surface area contributed by atoms with E-state index >= 15 is 0 Å². The van der Waals surface area contributed by atoms with E-state index in [1.165, 1.54) is 6.26 Å². The average molecular weight is 281 g/mol. The lowest BCUT2D eigenvalue weighted by atomic mass is 9.91. The molecule has 1 unspecified atom stereocenters. The van der Waals surface area contributed by atoms with Crippen LogP contribution in [0.3, 0.4) is 0 Å². The highest BCUT2D eigenvalue weighted by Gasteiger charge is 2.29. The van der Waals surface area contributed by atoms with Gasteiger partial charge in [0.05, 0.1) is 6.26 Å². The summed E-state index contributed by atoms with van der Waals surface area (Å²) in [6.45, 7) is 2.27. The molecule has 0 amide bonds. The summed E-state index contributed by atoms with van der Waals surface area (Å²) in [5.74, 6) is 0.452. The van der Waals surface area contributed by atoms with Crippen LogP contribution in [0.2, 0.25) is 0 Å². The number of nitrogens with zero attached hydrogens (tertiary/aromatic N) is 1. The zero-order valence-corrected chi connectivity index (χ0v) is 11.8. The third-order valence-corrected chi connectivity index (χ3v) is 5.35. The molecule has 0 aromatic heterocycles. The van der Waals surface area contributed by atoms with E-state index in [-0.39, 0.29) is 0 Å². The molecule has 2 rings (SSSR count). The molecular formula is C11H21ClN2O2S. The highest BCUT2D eigenvalue weighted by atomic mass is 35.5. The second-order valence-corrected chi connectivity index (χ2v) is 7.90. The zero-order chi connectivity index (χ0) is 12.5. The van der Waals surface area contributed by atoms with Crippen LogP contribution in [0, 0.1) is 5.92 Å². The normalized spacial score (nSPS) is 35.5. The number of hydrogen-bond donors (Lipinski definition) is 1. The standard InChI is InChI=1S/C11H21ClN2O2S/c1-17(15,16)14-4-2-3-9(8-14)7-13-11-5-10(12)6-11/h9-11,13H,2-8H2,1H3. The summed E-state index contributed by atoms with van der Waals surface area (Å²) in [6, 6.07) is 0.547. The molecule has 0 spiro atoms. The fourth-order valence-corrected chi connectivity index (χ4v) is 3.92. The van der Waals surface area contributed by atoms with Crippen molar-refractivity contribution in [3.05, 3.63) is 0 Å². The molecule has 1 saturated heterocycles. The maximum Gasteiger partial charge on any atom is 0.211 e. The van der Waals surface area contributed by atoms with Crippen molar-refractivity contribution in [2.24, 2.45) is 5.92 Å². The molecule has 0 aromatic carbocycles. The molecule has 2 aliphatic rings. The Labute approximate surface area is 109 Å². The Bertz CT molecular complexity index is 354. The van der Waals surface area contributed by atoms with Crippen LogP contribution >= 0.6 is 11.6 Å². The fraction of sp³-hybridized carbons (Fsp3) is 1.00. The summed E-state index contributed by atoms with van der Waals surface area (Å²) in [6.07, 6.45) is 5.49. The predicted molar refractivity (Wildman–Crippen MR) is 69.8 cm³/mol. The van der Waals surface area contributed by atoms with E-state index in [9.17, 15) is 8.42 Å². The quantitative estimate of drug-likeness (QED) is 0.782. The highest BCUT2D eigenvalue weighted by Crippen LogP contribution is 2.26.